The summed E-state index contributed by atoms with van der Waals surface area (Å²) in [5.74, 6) is 2.25. The molecule has 6 rings (SSSR count). The summed E-state index contributed by atoms with van der Waals surface area (Å²) in [6, 6.07) is 20.5. The first-order valence-electron chi connectivity index (χ1n) is 14.4. The summed E-state index contributed by atoms with van der Waals surface area (Å²) in [4.78, 5) is 31.1. The average Bonchev–Trinajstić information content (AvgIpc) is 3.41. The van der Waals surface area contributed by atoms with Gasteiger partial charge in [-0.25, -0.2) is 4.68 Å². The minimum Gasteiger partial charge on any atom is -0.497 e. The maximum Gasteiger partial charge on any atom is 0.242 e. The highest BCUT2D eigenvalue weighted by molar-refractivity contribution is 8.00. The minimum absolute atomic E-state index is 0.124. The molecule has 0 aliphatic carbocycles. The number of anilines is 1. The van der Waals surface area contributed by atoms with Gasteiger partial charge in [0.15, 0.2) is 0 Å². The van der Waals surface area contributed by atoms with E-state index in [0.29, 0.717) is 65.8 Å². The summed E-state index contributed by atoms with van der Waals surface area (Å²) in [5.41, 5.74) is 3.75. The highest BCUT2D eigenvalue weighted by atomic mass is 35.5. The van der Waals surface area contributed by atoms with Crippen LogP contribution in [0.3, 0.4) is 0 Å². The van der Waals surface area contributed by atoms with Crippen molar-refractivity contribution in [2.75, 3.05) is 64.8 Å². The van der Waals surface area contributed by atoms with Gasteiger partial charge in [-0.2, -0.15) is 5.10 Å². The Balaban J connectivity index is 1.62. The fraction of sp³-hybridized carbons (Fsp3) is 0.303. The van der Waals surface area contributed by atoms with E-state index in [1.807, 2.05) is 66.7 Å². The molecule has 4 aromatic rings. The van der Waals surface area contributed by atoms with Crippen LogP contribution in [0.25, 0.3) is 16.9 Å². The second-order valence-corrected chi connectivity index (χ2v) is 12.0. The van der Waals surface area contributed by atoms with E-state index in [-0.39, 0.29) is 24.1 Å². The standard InChI is InChI=1S/C33H33ClN4O6S/c1-41-24-10-8-23(9-11-24)38-33-30(31(35-38)21-4-6-22(34)7-5-21)32(26-18-25(42-2)12-13-27(26)43-3)45-20-29(40)37(33)19-28(39)36-14-16-44-17-15-36/h4-13,18,32H,14-17,19-20H2,1-3H3/t32-/m0/s1. The fourth-order valence-corrected chi connectivity index (χ4v) is 6.92. The number of nitrogens with zero attached hydrogens (tertiary/aromatic N) is 4. The SMILES string of the molecule is COc1ccc(-n2nc(-c3ccc(Cl)cc3)c3c2N(CC(=O)N2CCOCC2)C(=O)CS[C@H]3c2cc(OC)ccc2OC)cc1. The third kappa shape index (κ3) is 6.20. The van der Waals surface area contributed by atoms with Gasteiger partial charge in [0, 0.05) is 34.8 Å². The smallest absolute Gasteiger partial charge is 0.242 e. The number of aromatic nitrogens is 2. The van der Waals surface area contributed by atoms with Crippen LogP contribution in [0.15, 0.2) is 66.7 Å². The van der Waals surface area contributed by atoms with Gasteiger partial charge in [0.1, 0.15) is 29.6 Å². The first kappa shape index (κ1) is 30.8. The van der Waals surface area contributed by atoms with Gasteiger partial charge in [0.2, 0.25) is 11.8 Å². The molecular formula is C33H33ClN4O6S. The van der Waals surface area contributed by atoms with E-state index in [9.17, 15) is 9.59 Å². The molecule has 1 aromatic heterocycles. The van der Waals surface area contributed by atoms with E-state index in [2.05, 4.69) is 0 Å². The van der Waals surface area contributed by atoms with Crippen molar-refractivity contribution in [2.24, 2.45) is 0 Å². The van der Waals surface area contributed by atoms with Crippen molar-refractivity contribution in [3.63, 3.8) is 0 Å². The molecule has 0 bridgehead atoms. The van der Waals surface area contributed by atoms with Gasteiger partial charge < -0.3 is 23.8 Å². The van der Waals surface area contributed by atoms with Gasteiger partial charge >= 0.3 is 0 Å². The van der Waals surface area contributed by atoms with Crippen LogP contribution in [0.2, 0.25) is 5.02 Å². The number of rotatable bonds is 8. The van der Waals surface area contributed by atoms with E-state index < -0.39 is 5.25 Å². The van der Waals surface area contributed by atoms with Crippen molar-refractivity contribution in [3.8, 4) is 34.2 Å². The van der Waals surface area contributed by atoms with Crippen LogP contribution >= 0.6 is 23.4 Å². The van der Waals surface area contributed by atoms with Crippen molar-refractivity contribution in [1.82, 2.24) is 14.7 Å². The summed E-state index contributed by atoms with van der Waals surface area (Å²) in [5, 5.41) is 5.33. The maximum atomic E-state index is 14.1. The molecule has 0 unspecified atom stereocenters. The summed E-state index contributed by atoms with van der Waals surface area (Å²) in [7, 11) is 4.84. The lowest BCUT2D eigenvalue weighted by atomic mass is 9.98. The molecule has 2 aliphatic heterocycles. The first-order valence-corrected chi connectivity index (χ1v) is 15.9. The summed E-state index contributed by atoms with van der Waals surface area (Å²) in [6.45, 7) is 1.72. The Morgan fingerprint density at radius 1 is 0.956 bits per heavy atom. The van der Waals surface area contributed by atoms with E-state index in [1.54, 1.807) is 35.8 Å². The molecule has 0 N–H and O–H groups in total. The lowest BCUT2D eigenvalue weighted by Crippen LogP contribution is -2.48. The number of carbonyl (C=O) groups is 2. The van der Waals surface area contributed by atoms with Crippen LogP contribution in [0.5, 0.6) is 17.2 Å². The van der Waals surface area contributed by atoms with Gasteiger partial charge in [0.05, 0.1) is 56.9 Å². The summed E-state index contributed by atoms with van der Waals surface area (Å²) >= 11 is 7.75. The molecule has 45 heavy (non-hydrogen) atoms. The molecule has 1 saturated heterocycles. The summed E-state index contributed by atoms with van der Waals surface area (Å²) in [6.07, 6.45) is 0. The molecule has 1 atom stereocenters. The molecule has 1 fully saturated rings. The second kappa shape index (κ2) is 13.4. The lowest BCUT2D eigenvalue weighted by molar-refractivity contribution is -0.134. The predicted octanol–water partition coefficient (Wildman–Crippen LogP) is 5.25. The van der Waals surface area contributed by atoms with Crippen LogP contribution in [-0.4, -0.2) is 86.4 Å². The normalized spacial score (nSPS) is 16.6. The zero-order chi connectivity index (χ0) is 31.5. The Morgan fingerprint density at radius 3 is 2.31 bits per heavy atom. The molecule has 10 nitrogen and oxygen atoms in total. The van der Waals surface area contributed by atoms with Crippen LogP contribution in [0.1, 0.15) is 16.4 Å². The number of carbonyl (C=O) groups excluding carboxylic acids is 2. The average molecular weight is 649 g/mol. The van der Waals surface area contributed by atoms with Crippen LogP contribution in [0, 0.1) is 0 Å². The molecule has 0 spiro atoms. The zero-order valence-corrected chi connectivity index (χ0v) is 26.8. The van der Waals surface area contributed by atoms with Crippen molar-refractivity contribution in [2.45, 2.75) is 5.25 Å². The molecule has 0 radical (unpaired) electrons. The molecule has 0 saturated carbocycles. The number of ether oxygens (including phenoxy) is 4. The number of halogens is 1. The van der Waals surface area contributed by atoms with Crippen molar-refractivity contribution in [3.05, 3.63) is 82.9 Å². The molecular weight excluding hydrogens is 616 g/mol. The number of benzene rings is 3. The maximum absolute atomic E-state index is 14.1. The Bertz CT molecular complexity index is 1690. The van der Waals surface area contributed by atoms with Crippen molar-refractivity contribution >= 4 is 41.0 Å². The number of amides is 2. The lowest BCUT2D eigenvalue weighted by Gasteiger charge is -2.30. The first-order chi connectivity index (χ1) is 21.9. The van der Waals surface area contributed by atoms with Gasteiger partial charge in [0.25, 0.3) is 0 Å². The molecule has 2 aliphatic rings. The zero-order valence-electron chi connectivity index (χ0n) is 25.2. The number of hydrogen-bond donors (Lipinski definition) is 0. The minimum atomic E-state index is -0.407. The third-order valence-corrected chi connectivity index (χ3v) is 9.39. The van der Waals surface area contributed by atoms with Gasteiger partial charge in [-0.3, -0.25) is 14.5 Å². The van der Waals surface area contributed by atoms with Gasteiger partial charge in [-0.1, -0.05) is 23.7 Å². The second-order valence-electron chi connectivity index (χ2n) is 10.5. The van der Waals surface area contributed by atoms with Gasteiger partial charge in [-0.05, 0) is 54.6 Å². The van der Waals surface area contributed by atoms with Crippen LogP contribution in [0.4, 0.5) is 5.82 Å². The van der Waals surface area contributed by atoms with E-state index in [4.69, 9.17) is 35.6 Å². The number of thioether (sulfide) groups is 1. The molecule has 234 valence electrons. The molecule has 3 heterocycles. The van der Waals surface area contributed by atoms with Crippen LogP contribution < -0.4 is 19.1 Å². The number of fused-ring (bicyclic) bond motifs is 1. The Labute approximate surface area is 270 Å². The van der Waals surface area contributed by atoms with Crippen LogP contribution in [-0.2, 0) is 14.3 Å². The molecule has 12 heteroatoms. The monoisotopic (exact) mass is 648 g/mol. The van der Waals surface area contributed by atoms with Crippen molar-refractivity contribution < 1.29 is 28.5 Å². The van der Waals surface area contributed by atoms with E-state index >= 15 is 0 Å². The Kier molecular flexibility index (Phi) is 9.20. The largest absolute Gasteiger partial charge is 0.497 e. The number of morpholine rings is 1. The number of hydrogen-bond acceptors (Lipinski definition) is 8. The third-order valence-electron chi connectivity index (χ3n) is 7.90. The van der Waals surface area contributed by atoms with E-state index in [1.165, 1.54) is 11.8 Å². The predicted molar refractivity (Wildman–Crippen MR) is 174 cm³/mol. The Morgan fingerprint density at radius 2 is 1.64 bits per heavy atom. The quantitative estimate of drug-likeness (QED) is 0.256. The highest BCUT2D eigenvalue weighted by Crippen LogP contribution is 2.51. The molecule has 3 aromatic carbocycles. The number of methoxy groups -OCH3 is 3. The Hall–Kier alpha value is -4.19. The highest BCUT2D eigenvalue weighted by Gasteiger charge is 2.39. The van der Waals surface area contributed by atoms with Gasteiger partial charge in [-0.15, -0.1) is 11.8 Å². The topological polar surface area (TPSA) is 95.4 Å². The van der Waals surface area contributed by atoms with Crippen molar-refractivity contribution in [1.29, 1.82) is 0 Å². The fourth-order valence-electron chi connectivity index (χ4n) is 5.58. The summed E-state index contributed by atoms with van der Waals surface area (Å²) < 4.78 is 24.0. The molecule has 2 amide bonds. The van der Waals surface area contributed by atoms with E-state index in [0.717, 1.165) is 16.7 Å².